The lowest BCUT2D eigenvalue weighted by Gasteiger charge is -2.43. The standard InChI is InChI=1S/C21H17ClF2N2O3S/c1-30-20-15(22)5-4-14-18(20)25-9-17(27)29-10-26(12-7-21(23,24)8-12)11-2-3-13(19(14)28)16(25)6-11/h2-6,12H,7-10H2,1H3. The van der Waals surface area contributed by atoms with Gasteiger partial charge in [-0.05, 0) is 36.6 Å². The molecule has 0 unspecified atom stereocenters. The molecule has 1 aliphatic heterocycles. The van der Waals surface area contributed by atoms with Gasteiger partial charge >= 0.3 is 5.97 Å². The van der Waals surface area contributed by atoms with Crippen molar-refractivity contribution in [3.05, 3.63) is 45.6 Å². The summed E-state index contributed by atoms with van der Waals surface area (Å²) in [6.07, 6.45) is 1.27. The summed E-state index contributed by atoms with van der Waals surface area (Å²) in [5, 5.41) is 1.40. The minimum atomic E-state index is -2.70. The number of alkyl halides is 2. The first-order chi connectivity index (χ1) is 14.3. The molecule has 0 saturated heterocycles. The van der Waals surface area contributed by atoms with Crippen LogP contribution in [0.1, 0.15) is 12.8 Å². The Balaban J connectivity index is 1.81. The van der Waals surface area contributed by atoms with Gasteiger partial charge < -0.3 is 14.2 Å². The number of carbonyl (C=O) groups excluding carboxylic acids is 1. The van der Waals surface area contributed by atoms with Crippen LogP contribution < -0.4 is 10.3 Å². The number of ether oxygens (including phenoxy) is 1. The molecule has 0 radical (unpaired) electrons. The number of pyridine rings is 1. The second-order valence-corrected chi connectivity index (χ2v) is 8.85. The van der Waals surface area contributed by atoms with E-state index in [9.17, 15) is 18.4 Å². The Morgan fingerprint density at radius 2 is 1.90 bits per heavy atom. The lowest BCUT2D eigenvalue weighted by molar-refractivity contribution is -0.145. The number of fused-ring (bicyclic) bond motifs is 3. The van der Waals surface area contributed by atoms with Gasteiger partial charge in [-0.1, -0.05) is 11.6 Å². The Labute approximate surface area is 179 Å². The van der Waals surface area contributed by atoms with Gasteiger partial charge in [-0.25, -0.2) is 8.78 Å². The van der Waals surface area contributed by atoms with E-state index in [1.54, 1.807) is 39.8 Å². The first-order valence-electron chi connectivity index (χ1n) is 9.42. The van der Waals surface area contributed by atoms with Crippen molar-refractivity contribution in [1.82, 2.24) is 4.57 Å². The van der Waals surface area contributed by atoms with Crippen LogP contribution in [0.15, 0.2) is 40.0 Å². The molecule has 1 fully saturated rings. The lowest BCUT2D eigenvalue weighted by atomic mass is 9.86. The maximum absolute atomic E-state index is 13.5. The SMILES string of the molecule is CSc1c(Cl)ccc2c(=O)c3ccc4cc3n(c12)CC(=O)OCN4C1CC(F)(F)C1. The molecule has 30 heavy (non-hydrogen) atoms. The molecule has 2 aliphatic rings. The van der Waals surface area contributed by atoms with Gasteiger partial charge in [0.25, 0.3) is 5.92 Å². The van der Waals surface area contributed by atoms with E-state index in [4.69, 9.17) is 16.3 Å². The average molecular weight is 451 g/mol. The van der Waals surface area contributed by atoms with Crippen LogP contribution in [0.2, 0.25) is 5.02 Å². The van der Waals surface area contributed by atoms with Crippen molar-refractivity contribution < 1.29 is 18.3 Å². The number of aromatic nitrogens is 1. The number of esters is 1. The summed E-state index contributed by atoms with van der Waals surface area (Å²) in [7, 11) is 0. The number of benzene rings is 2. The second-order valence-electron chi connectivity index (χ2n) is 7.63. The molecule has 9 heteroatoms. The summed E-state index contributed by atoms with van der Waals surface area (Å²) >= 11 is 7.77. The fraction of sp³-hybridized carbons (Fsp3) is 0.333. The van der Waals surface area contributed by atoms with Crippen molar-refractivity contribution in [1.29, 1.82) is 0 Å². The number of rotatable bonds is 2. The van der Waals surface area contributed by atoms with E-state index in [0.29, 0.717) is 37.4 Å². The number of carbonyl (C=O) groups is 1. The van der Waals surface area contributed by atoms with E-state index in [1.807, 2.05) is 6.26 Å². The number of halogens is 3. The minimum absolute atomic E-state index is 0.112. The molecule has 2 bridgehead atoms. The molecular formula is C21H17ClF2N2O3S. The van der Waals surface area contributed by atoms with Crippen LogP contribution in [0.3, 0.4) is 0 Å². The molecule has 3 aromatic rings. The van der Waals surface area contributed by atoms with Crippen LogP contribution in [0.4, 0.5) is 14.5 Å². The number of cyclic esters (lactones) is 1. The first-order valence-corrected chi connectivity index (χ1v) is 11.0. The van der Waals surface area contributed by atoms with E-state index in [1.165, 1.54) is 11.8 Å². The highest BCUT2D eigenvalue weighted by Crippen LogP contribution is 2.43. The highest BCUT2D eigenvalue weighted by atomic mass is 35.5. The van der Waals surface area contributed by atoms with Gasteiger partial charge in [-0.3, -0.25) is 9.59 Å². The fourth-order valence-corrected chi connectivity index (χ4v) is 5.35. The molecular weight excluding hydrogens is 434 g/mol. The van der Waals surface area contributed by atoms with Crippen molar-refractivity contribution >= 4 is 56.8 Å². The van der Waals surface area contributed by atoms with Crippen LogP contribution in [0, 0.1) is 0 Å². The van der Waals surface area contributed by atoms with Gasteiger partial charge in [0, 0.05) is 35.3 Å². The number of hydrogen-bond donors (Lipinski definition) is 0. The Morgan fingerprint density at radius 1 is 1.17 bits per heavy atom. The summed E-state index contributed by atoms with van der Waals surface area (Å²) in [6, 6.07) is 8.10. The topological polar surface area (TPSA) is 51.5 Å². The molecule has 0 spiro atoms. The zero-order chi connectivity index (χ0) is 21.2. The summed E-state index contributed by atoms with van der Waals surface area (Å²) in [5.74, 6) is -3.21. The van der Waals surface area contributed by atoms with Gasteiger partial charge in [-0.2, -0.15) is 0 Å². The third kappa shape index (κ3) is 2.96. The van der Waals surface area contributed by atoms with Crippen molar-refractivity contribution in [2.75, 3.05) is 17.9 Å². The van der Waals surface area contributed by atoms with Crippen molar-refractivity contribution in [2.24, 2.45) is 0 Å². The van der Waals surface area contributed by atoms with E-state index in [0.717, 1.165) is 0 Å². The predicted molar refractivity (Wildman–Crippen MR) is 114 cm³/mol. The zero-order valence-corrected chi connectivity index (χ0v) is 17.5. The van der Waals surface area contributed by atoms with Crippen LogP contribution in [-0.2, 0) is 16.1 Å². The number of thioether (sulfide) groups is 1. The molecule has 0 N–H and O–H groups in total. The Hall–Kier alpha value is -2.32. The van der Waals surface area contributed by atoms with Crippen molar-refractivity contribution in [3.63, 3.8) is 0 Å². The molecule has 5 rings (SSSR count). The monoisotopic (exact) mass is 450 g/mol. The van der Waals surface area contributed by atoms with E-state index < -0.39 is 17.9 Å². The first kappa shape index (κ1) is 19.6. The number of nitrogens with zero attached hydrogens (tertiary/aromatic N) is 2. The second kappa shape index (κ2) is 6.85. The normalized spacial score (nSPS) is 18.8. The lowest BCUT2D eigenvalue weighted by Crippen LogP contribution is -2.52. The predicted octanol–water partition coefficient (Wildman–Crippen LogP) is 4.65. The van der Waals surface area contributed by atoms with Gasteiger partial charge in [0.15, 0.2) is 12.2 Å². The third-order valence-electron chi connectivity index (χ3n) is 5.81. The fourth-order valence-electron chi connectivity index (χ4n) is 4.29. The molecule has 1 aromatic heterocycles. The smallest absolute Gasteiger partial charge is 0.327 e. The van der Waals surface area contributed by atoms with Crippen LogP contribution in [0.5, 0.6) is 0 Å². The van der Waals surface area contributed by atoms with Gasteiger partial charge in [0.2, 0.25) is 0 Å². The summed E-state index contributed by atoms with van der Waals surface area (Å²) < 4.78 is 34.1. The van der Waals surface area contributed by atoms with E-state index >= 15 is 0 Å². The van der Waals surface area contributed by atoms with Crippen LogP contribution in [0.25, 0.3) is 21.8 Å². The maximum atomic E-state index is 13.5. The average Bonchev–Trinajstić information content (AvgIpc) is 2.74. The summed E-state index contributed by atoms with van der Waals surface area (Å²) in [5.41, 5.74) is 1.60. The Bertz CT molecular complexity index is 1270. The van der Waals surface area contributed by atoms with E-state index in [2.05, 4.69) is 0 Å². The Morgan fingerprint density at radius 3 is 2.60 bits per heavy atom. The molecule has 5 nitrogen and oxygen atoms in total. The maximum Gasteiger partial charge on any atom is 0.327 e. The van der Waals surface area contributed by atoms with Crippen molar-refractivity contribution in [3.8, 4) is 0 Å². The summed E-state index contributed by atoms with van der Waals surface area (Å²) in [6.45, 7) is -0.225. The highest BCUT2D eigenvalue weighted by Gasteiger charge is 2.48. The molecule has 0 atom stereocenters. The van der Waals surface area contributed by atoms with E-state index in [-0.39, 0.29) is 31.5 Å². The van der Waals surface area contributed by atoms with Crippen LogP contribution >= 0.6 is 23.4 Å². The molecule has 2 heterocycles. The van der Waals surface area contributed by atoms with Gasteiger partial charge in [0.05, 0.1) is 21.0 Å². The molecule has 2 aromatic carbocycles. The summed E-state index contributed by atoms with van der Waals surface area (Å²) in [4.78, 5) is 28.2. The third-order valence-corrected chi connectivity index (χ3v) is 7.06. The number of anilines is 1. The highest BCUT2D eigenvalue weighted by molar-refractivity contribution is 7.99. The molecule has 1 aliphatic carbocycles. The molecule has 156 valence electrons. The van der Waals surface area contributed by atoms with Crippen LogP contribution in [-0.4, -0.2) is 35.5 Å². The zero-order valence-electron chi connectivity index (χ0n) is 16.0. The minimum Gasteiger partial charge on any atom is -0.443 e. The van der Waals surface area contributed by atoms with Gasteiger partial charge in [0.1, 0.15) is 6.54 Å². The Kier molecular flexibility index (Phi) is 4.48. The quantitative estimate of drug-likeness (QED) is 0.323. The molecule has 0 amide bonds. The van der Waals surface area contributed by atoms with Gasteiger partial charge in [-0.15, -0.1) is 11.8 Å². The largest absolute Gasteiger partial charge is 0.443 e. The number of hydrogen-bond acceptors (Lipinski definition) is 5. The van der Waals surface area contributed by atoms with Crippen molar-refractivity contribution in [2.45, 2.75) is 36.2 Å². The molecule has 1 saturated carbocycles.